The fourth-order valence-electron chi connectivity index (χ4n) is 4.69. The van der Waals surface area contributed by atoms with Gasteiger partial charge in [0, 0.05) is 0 Å². The van der Waals surface area contributed by atoms with Gasteiger partial charge in [-0.25, -0.2) is 0 Å². The van der Waals surface area contributed by atoms with Crippen LogP contribution in [0.3, 0.4) is 0 Å². The van der Waals surface area contributed by atoms with E-state index >= 15 is 0 Å². The normalized spacial score (nSPS) is 51.2. The van der Waals surface area contributed by atoms with E-state index in [1.807, 2.05) is 0 Å². The molecule has 0 aromatic carbocycles. The molecule has 0 nitrogen and oxygen atoms in total. The van der Waals surface area contributed by atoms with E-state index < -0.39 is 0 Å². The quantitative estimate of drug-likeness (QED) is 0.572. The minimum Gasteiger partial charge on any atom is -0.0528 e. The highest BCUT2D eigenvalue weighted by Crippen LogP contribution is 2.73. The van der Waals surface area contributed by atoms with E-state index in [0.717, 1.165) is 5.41 Å². The third kappa shape index (κ3) is 0.831. The molecular weight excluding hydrogens is 156 g/mol. The van der Waals surface area contributed by atoms with Gasteiger partial charge in [-0.3, -0.25) is 0 Å². The molecule has 4 aliphatic rings. The summed E-state index contributed by atoms with van der Waals surface area (Å²) in [6.45, 7) is 0. The van der Waals surface area contributed by atoms with Crippen LogP contribution in [-0.4, -0.2) is 0 Å². The Kier molecular flexibility index (Phi) is 1.21. The van der Waals surface area contributed by atoms with E-state index in [2.05, 4.69) is 0 Å². The molecule has 4 rings (SSSR count). The van der Waals surface area contributed by atoms with Gasteiger partial charge in [0.25, 0.3) is 0 Å². The van der Waals surface area contributed by atoms with Crippen molar-refractivity contribution in [3.8, 4) is 0 Å². The van der Waals surface area contributed by atoms with E-state index in [-0.39, 0.29) is 0 Å². The van der Waals surface area contributed by atoms with Crippen molar-refractivity contribution in [1.82, 2.24) is 0 Å². The Bertz CT molecular complexity index is 234. The molecule has 3 unspecified atom stereocenters. The highest BCUT2D eigenvalue weighted by molar-refractivity contribution is 5.13. The number of fused-ring (bicyclic) bond motifs is 2. The number of hydrogen-bond donors (Lipinski definition) is 0. The van der Waals surface area contributed by atoms with Crippen molar-refractivity contribution in [2.24, 2.45) is 29.1 Å². The van der Waals surface area contributed by atoms with Crippen LogP contribution in [-0.2, 0) is 0 Å². The van der Waals surface area contributed by atoms with Crippen molar-refractivity contribution in [3.63, 3.8) is 0 Å². The lowest BCUT2D eigenvalue weighted by Gasteiger charge is -2.41. The van der Waals surface area contributed by atoms with E-state index in [1.165, 1.54) is 23.7 Å². The van der Waals surface area contributed by atoms with Gasteiger partial charge in [0.05, 0.1) is 0 Å². The van der Waals surface area contributed by atoms with Crippen LogP contribution in [0.25, 0.3) is 0 Å². The molecule has 0 heteroatoms. The van der Waals surface area contributed by atoms with Gasteiger partial charge < -0.3 is 0 Å². The zero-order chi connectivity index (χ0) is 8.47. The summed E-state index contributed by atoms with van der Waals surface area (Å²) in [5, 5.41) is 0. The molecule has 0 aliphatic heterocycles. The lowest BCUT2D eigenvalue weighted by molar-refractivity contribution is 0.0783. The molecule has 72 valence electrons. The molecule has 0 amide bonds. The minimum atomic E-state index is 0.961. The molecule has 4 fully saturated rings. The molecule has 3 atom stereocenters. The van der Waals surface area contributed by atoms with Gasteiger partial charge in [-0.15, -0.1) is 0 Å². The minimum absolute atomic E-state index is 0.961. The van der Waals surface area contributed by atoms with Crippen LogP contribution in [0.1, 0.15) is 51.4 Å². The Morgan fingerprint density at radius 3 is 2.31 bits per heavy atom. The predicted octanol–water partition coefficient (Wildman–Crippen LogP) is 3.61. The van der Waals surface area contributed by atoms with E-state index in [1.54, 1.807) is 51.4 Å². The van der Waals surface area contributed by atoms with Crippen LogP contribution in [0.5, 0.6) is 0 Å². The van der Waals surface area contributed by atoms with Crippen molar-refractivity contribution in [2.75, 3.05) is 0 Å². The number of hydrogen-bond acceptors (Lipinski definition) is 0. The van der Waals surface area contributed by atoms with Gasteiger partial charge in [-0.1, -0.05) is 19.3 Å². The standard InChI is InChI=1S/C13H20/c1-2-9(3-1)10-6-11-8-13(4-5-13)12(11)7-10/h9-12H,1-8H2. The Labute approximate surface area is 81.1 Å². The summed E-state index contributed by atoms with van der Waals surface area (Å²) in [6.07, 6.45) is 12.8. The van der Waals surface area contributed by atoms with Crippen molar-refractivity contribution >= 4 is 0 Å². The Hall–Kier alpha value is 0. The van der Waals surface area contributed by atoms with Crippen molar-refractivity contribution in [2.45, 2.75) is 51.4 Å². The van der Waals surface area contributed by atoms with Gasteiger partial charge in [0.1, 0.15) is 0 Å². The highest BCUT2D eigenvalue weighted by Gasteiger charge is 2.63. The van der Waals surface area contributed by atoms with Gasteiger partial charge in [-0.2, -0.15) is 0 Å². The Morgan fingerprint density at radius 1 is 0.846 bits per heavy atom. The number of rotatable bonds is 1. The first-order chi connectivity index (χ1) is 6.37. The molecule has 0 N–H and O–H groups in total. The maximum absolute atomic E-state index is 1.65. The first-order valence-electron chi connectivity index (χ1n) is 6.37. The second-order valence-electron chi connectivity index (χ2n) is 6.36. The van der Waals surface area contributed by atoms with Crippen LogP contribution >= 0.6 is 0 Å². The average Bonchev–Trinajstić information content (AvgIpc) is 2.72. The SMILES string of the molecule is C1CC(C2CC3CC4(CC4)C3C2)C1. The first-order valence-corrected chi connectivity index (χ1v) is 6.37. The predicted molar refractivity (Wildman–Crippen MR) is 53.3 cm³/mol. The van der Waals surface area contributed by atoms with Crippen molar-refractivity contribution < 1.29 is 0 Å². The zero-order valence-electron chi connectivity index (χ0n) is 8.47. The molecule has 0 heterocycles. The van der Waals surface area contributed by atoms with Gasteiger partial charge in [0.15, 0.2) is 0 Å². The topological polar surface area (TPSA) is 0 Å². The smallest absolute Gasteiger partial charge is 0.0263 e. The van der Waals surface area contributed by atoms with E-state index in [4.69, 9.17) is 0 Å². The highest BCUT2D eigenvalue weighted by atomic mass is 14.7. The molecular formula is C13H20. The second-order valence-corrected chi connectivity index (χ2v) is 6.36. The molecule has 4 aliphatic carbocycles. The van der Waals surface area contributed by atoms with E-state index in [0.29, 0.717) is 0 Å². The van der Waals surface area contributed by atoms with Gasteiger partial charge >= 0.3 is 0 Å². The van der Waals surface area contributed by atoms with Crippen LogP contribution in [0, 0.1) is 29.1 Å². The third-order valence-electron chi connectivity index (χ3n) is 5.90. The summed E-state index contributed by atoms with van der Waals surface area (Å²) < 4.78 is 0. The van der Waals surface area contributed by atoms with Crippen LogP contribution in [0.4, 0.5) is 0 Å². The van der Waals surface area contributed by atoms with Crippen molar-refractivity contribution in [3.05, 3.63) is 0 Å². The molecule has 0 saturated heterocycles. The second kappa shape index (κ2) is 2.15. The summed E-state index contributed by atoms with van der Waals surface area (Å²) in [5.41, 5.74) is 0.961. The lowest BCUT2D eigenvalue weighted by Crippen LogP contribution is -2.33. The first kappa shape index (κ1) is 7.31. The largest absolute Gasteiger partial charge is 0.0528 e. The van der Waals surface area contributed by atoms with Crippen LogP contribution in [0.2, 0.25) is 0 Å². The molecule has 0 aromatic rings. The van der Waals surface area contributed by atoms with Crippen LogP contribution in [0.15, 0.2) is 0 Å². The molecule has 4 saturated carbocycles. The molecule has 0 radical (unpaired) electrons. The monoisotopic (exact) mass is 176 g/mol. The average molecular weight is 176 g/mol. The third-order valence-corrected chi connectivity index (χ3v) is 5.90. The summed E-state index contributed by atoms with van der Waals surface area (Å²) in [7, 11) is 0. The zero-order valence-corrected chi connectivity index (χ0v) is 8.47. The fourth-order valence-corrected chi connectivity index (χ4v) is 4.69. The maximum atomic E-state index is 1.65. The molecule has 1 spiro atoms. The molecule has 13 heavy (non-hydrogen) atoms. The Morgan fingerprint density at radius 2 is 1.69 bits per heavy atom. The fraction of sp³-hybridized carbons (Fsp3) is 1.00. The summed E-state index contributed by atoms with van der Waals surface area (Å²) in [6, 6.07) is 0. The van der Waals surface area contributed by atoms with Gasteiger partial charge in [-0.05, 0) is 61.2 Å². The van der Waals surface area contributed by atoms with Crippen LogP contribution < -0.4 is 0 Å². The lowest BCUT2D eigenvalue weighted by atomic mass is 9.64. The summed E-state index contributed by atoms with van der Waals surface area (Å²) in [4.78, 5) is 0. The van der Waals surface area contributed by atoms with Crippen molar-refractivity contribution in [1.29, 1.82) is 0 Å². The molecule has 0 aromatic heterocycles. The maximum Gasteiger partial charge on any atom is -0.0263 e. The molecule has 0 bridgehead atoms. The summed E-state index contributed by atoms with van der Waals surface area (Å²) in [5.74, 6) is 4.79. The summed E-state index contributed by atoms with van der Waals surface area (Å²) >= 11 is 0. The van der Waals surface area contributed by atoms with E-state index in [9.17, 15) is 0 Å². The van der Waals surface area contributed by atoms with Gasteiger partial charge in [0.2, 0.25) is 0 Å². The Balaban J connectivity index is 1.48.